The van der Waals surface area contributed by atoms with E-state index in [2.05, 4.69) is 40.4 Å². The van der Waals surface area contributed by atoms with Crippen molar-refractivity contribution in [3.8, 4) is 11.5 Å². The molecule has 3 rings (SSSR count). The Balaban J connectivity index is 1.57. The van der Waals surface area contributed by atoms with Crippen molar-refractivity contribution < 1.29 is 14.6 Å². The Labute approximate surface area is 203 Å². The van der Waals surface area contributed by atoms with Gasteiger partial charge in [-0.3, -0.25) is 0 Å². The average molecular weight is 485 g/mol. The summed E-state index contributed by atoms with van der Waals surface area (Å²) in [5.41, 5.74) is 2.11. The molecule has 2 aromatic rings. The van der Waals surface area contributed by atoms with Gasteiger partial charge in [-0.2, -0.15) is 0 Å². The molecule has 5 heteroatoms. The third kappa shape index (κ3) is 5.75. The van der Waals surface area contributed by atoms with Crippen molar-refractivity contribution in [2.24, 2.45) is 0 Å². The molecule has 1 aliphatic rings. The number of hydrogen-bond acceptors (Lipinski definition) is 3. The second-order valence-corrected chi connectivity index (χ2v) is 21.6. The lowest BCUT2D eigenvalue weighted by molar-refractivity contribution is 0.137. The van der Waals surface area contributed by atoms with Crippen LogP contribution in [0.15, 0.2) is 48.5 Å². The lowest BCUT2D eigenvalue weighted by Gasteiger charge is -2.58. The van der Waals surface area contributed by atoms with Crippen LogP contribution in [0.2, 0.25) is 36.8 Å². The first-order chi connectivity index (χ1) is 15.4. The normalized spacial score (nSPS) is 23.3. The maximum absolute atomic E-state index is 10.1. The highest BCUT2D eigenvalue weighted by Crippen LogP contribution is 2.60. The van der Waals surface area contributed by atoms with E-state index in [4.69, 9.17) is 4.43 Å². The van der Waals surface area contributed by atoms with Crippen molar-refractivity contribution in [1.82, 2.24) is 0 Å². The van der Waals surface area contributed by atoms with Crippen LogP contribution in [0.5, 0.6) is 11.5 Å². The van der Waals surface area contributed by atoms with Crippen LogP contribution in [0.1, 0.15) is 57.6 Å². The fraction of sp³-hybridized carbons (Fsp3) is 0.571. The van der Waals surface area contributed by atoms with Crippen molar-refractivity contribution in [3.63, 3.8) is 0 Å². The number of rotatable bonds is 11. The predicted octanol–water partition coefficient (Wildman–Crippen LogP) is 7.84. The number of benzene rings is 2. The average Bonchev–Trinajstić information content (AvgIpc) is 2.75. The first-order valence-corrected chi connectivity index (χ1v) is 18.5. The predicted molar refractivity (Wildman–Crippen MR) is 144 cm³/mol. The van der Waals surface area contributed by atoms with Crippen molar-refractivity contribution in [2.75, 3.05) is 0 Å². The minimum Gasteiger partial charge on any atom is -0.508 e. The molecule has 2 N–H and O–H groups in total. The smallest absolute Gasteiger partial charge is 0.195 e. The van der Waals surface area contributed by atoms with Gasteiger partial charge in [0.2, 0.25) is 0 Å². The maximum Gasteiger partial charge on any atom is 0.195 e. The number of phenolic OH excluding ortho intramolecular Hbond substituents is 2. The number of aromatic hydroxyl groups is 2. The molecule has 2 unspecified atom stereocenters. The lowest BCUT2D eigenvalue weighted by Crippen LogP contribution is -2.64. The molecule has 3 nitrogen and oxygen atoms in total. The summed E-state index contributed by atoms with van der Waals surface area (Å²) in [4.78, 5) is 0. The summed E-state index contributed by atoms with van der Waals surface area (Å²) >= 11 is 0. The third-order valence-electron chi connectivity index (χ3n) is 8.95. The summed E-state index contributed by atoms with van der Waals surface area (Å²) in [6, 6.07) is 17.9. The van der Waals surface area contributed by atoms with Crippen LogP contribution in [-0.4, -0.2) is 31.8 Å². The molecular weight excluding hydrogens is 440 g/mol. The van der Waals surface area contributed by atoms with Crippen LogP contribution in [0.4, 0.5) is 0 Å². The third-order valence-corrected chi connectivity index (χ3v) is 19.3. The molecule has 1 saturated heterocycles. The molecule has 2 atom stereocenters. The summed E-state index contributed by atoms with van der Waals surface area (Å²) < 4.78 is 7.20. The maximum atomic E-state index is 10.1. The highest BCUT2D eigenvalue weighted by Gasteiger charge is 2.59. The van der Waals surface area contributed by atoms with Crippen LogP contribution >= 0.6 is 0 Å². The first-order valence-electron chi connectivity index (χ1n) is 12.6. The Bertz CT molecular complexity index is 878. The molecular formula is C28H44O3Si2. The first kappa shape index (κ1) is 26.0. The van der Waals surface area contributed by atoms with Crippen molar-refractivity contribution in [1.29, 1.82) is 0 Å². The van der Waals surface area contributed by atoms with Gasteiger partial charge in [0.1, 0.15) is 11.5 Å². The van der Waals surface area contributed by atoms with Crippen LogP contribution in [-0.2, 0) is 17.3 Å². The quantitative estimate of drug-likeness (QED) is 0.319. The summed E-state index contributed by atoms with van der Waals surface area (Å²) in [5, 5.41) is 20.4. The monoisotopic (exact) mass is 484 g/mol. The highest BCUT2D eigenvalue weighted by atomic mass is 28.4. The van der Waals surface area contributed by atoms with Crippen LogP contribution < -0.4 is 0 Å². The topological polar surface area (TPSA) is 49.7 Å². The molecule has 0 amide bonds. The van der Waals surface area contributed by atoms with E-state index in [1.807, 2.05) is 36.4 Å². The largest absolute Gasteiger partial charge is 0.508 e. The van der Waals surface area contributed by atoms with Gasteiger partial charge in [0.15, 0.2) is 8.32 Å². The molecule has 0 radical (unpaired) electrons. The van der Waals surface area contributed by atoms with Crippen molar-refractivity contribution in [3.05, 3.63) is 59.7 Å². The summed E-state index contributed by atoms with van der Waals surface area (Å²) in [7, 11) is -3.48. The van der Waals surface area contributed by atoms with Crippen LogP contribution in [0.3, 0.4) is 0 Å². The van der Waals surface area contributed by atoms with E-state index in [0.29, 0.717) is 16.5 Å². The molecule has 182 valence electrons. The van der Waals surface area contributed by atoms with Crippen molar-refractivity contribution >= 4 is 16.4 Å². The van der Waals surface area contributed by atoms with E-state index >= 15 is 0 Å². The fourth-order valence-corrected chi connectivity index (χ4v) is 12.7. The fourth-order valence-electron chi connectivity index (χ4n) is 5.30. The molecule has 0 aliphatic carbocycles. The van der Waals surface area contributed by atoms with E-state index in [-0.39, 0.29) is 5.22 Å². The second-order valence-electron chi connectivity index (χ2n) is 11.8. The van der Waals surface area contributed by atoms with Gasteiger partial charge in [0.05, 0.1) is 8.07 Å². The van der Waals surface area contributed by atoms with Gasteiger partial charge in [-0.1, -0.05) is 68.9 Å². The minimum atomic E-state index is -1.83. The minimum absolute atomic E-state index is 0.0634. The van der Waals surface area contributed by atoms with Gasteiger partial charge < -0.3 is 14.6 Å². The van der Waals surface area contributed by atoms with Gasteiger partial charge >= 0.3 is 0 Å². The Kier molecular flexibility index (Phi) is 7.87. The zero-order valence-corrected chi connectivity index (χ0v) is 23.6. The van der Waals surface area contributed by atoms with E-state index in [0.717, 1.165) is 36.8 Å². The molecule has 0 spiro atoms. The molecule has 1 aliphatic heterocycles. The molecule has 2 aromatic carbocycles. The Morgan fingerprint density at radius 3 is 1.94 bits per heavy atom. The van der Waals surface area contributed by atoms with E-state index in [1.165, 1.54) is 24.9 Å². The van der Waals surface area contributed by atoms with Gasteiger partial charge in [-0.05, 0) is 86.8 Å². The van der Waals surface area contributed by atoms with Gasteiger partial charge in [0, 0.05) is 5.22 Å². The van der Waals surface area contributed by atoms with Crippen molar-refractivity contribution in [2.45, 2.75) is 101 Å². The van der Waals surface area contributed by atoms with Gasteiger partial charge in [-0.25, -0.2) is 0 Å². The zero-order chi connectivity index (χ0) is 24.3. The molecule has 1 fully saturated rings. The molecule has 1 heterocycles. The summed E-state index contributed by atoms with van der Waals surface area (Å²) in [6.45, 7) is 14.6. The van der Waals surface area contributed by atoms with E-state index in [1.54, 1.807) is 12.1 Å². The Hall–Kier alpha value is -1.57. The van der Waals surface area contributed by atoms with Gasteiger partial charge in [0.25, 0.3) is 0 Å². The molecule has 0 saturated carbocycles. The molecule has 33 heavy (non-hydrogen) atoms. The number of hydrogen-bond donors (Lipinski definition) is 2. The Morgan fingerprint density at radius 1 is 0.939 bits per heavy atom. The molecule has 0 bridgehead atoms. The number of para-hydroxylation sites is 2. The summed E-state index contributed by atoms with van der Waals surface area (Å²) in [6.07, 6.45) is 6.50. The highest BCUT2D eigenvalue weighted by molar-refractivity contribution is 6.83. The van der Waals surface area contributed by atoms with Crippen LogP contribution in [0, 0.1) is 0 Å². The zero-order valence-electron chi connectivity index (χ0n) is 21.6. The summed E-state index contributed by atoms with van der Waals surface area (Å²) in [5.74, 6) is 0.840. The Morgan fingerprint density at radius 2 is 1.45 bits per heavy atom. The van der Waals surface area contributed by atoms with Crippen LogP contribution in [0.25, 0.3) is 0 Å². The van der Waals surface area contributed by atoms with E-state index < -0.39 is 16.4 Å². The SMILES string of the molecule is CC(C)(O[Si]1(C)CCC1(C)CCCc1ccccc1O)[Si](C)(C)CCCc1ccccc1O. The van der Waals surface area contributed by atoms with Gasteiger partial charge in [-0.15, -0.1) is 0 Å². The standard InChI is InChI=1S/C28H44O3Si2/c1-27(2,32(4,5)21-12-16-24-14-8-10-18-26(24)30)31-33(6)22-20-28(33,3)19-11-15-23-13-7-9-17-25(23)29/h7-10,13-14,17-18,29-30H,11-12,15-16,19-22H2,1-6H3. The van der Waals surface area contributed by atoms with E-state index in [9.17, 15) is 10.2 Å². The molecule has 0 aromatic heterocycles. The number of aryl methyl sites for hydroxylation is 2. The second kappa shape index (κ2) is 9.97. The lowest BCUT2D eigenvalue weighted by atomic mass is 9.96. The number of phenols is 2.